The maximum Gasteiger partial charge on any atom is 0.0992 e. The molecule has 5 heteroatoms. The summed E-state index contributed by atoms with van der Waals surface area (Å²) in [6.07, 6.45) is 0.847. The highest BCUT2D eigenvalue weighted by atomic mass is 79.9. The molecule has 0 bridgehead atoms. The van der Waals surface area contributed by atoms with Crippen LogP contribution < -0.4 is 5.32 Å². The van der Waals surface area contributed by atoms with Crippen molar-refractivity contribution < 1.29 is 5.11 Å². The van der Waals surface area contributed by atoms with E-state index in [0.717, 1.165) is 34.6 Å². The molecule has 0 heterocycles. The molecule has 0 saturated heterocycles. The maximum absolute atomic E-state index is 8.83. The van der Waals surface area contributed by atoms with Gasteiger partial charge in [0.2, 0.25) is 0 Å². The summed E-state index contributed by atoms with van der Waals surface area (Å²) in [5.74, 6) is 1.98. The number of aliphatic hydroxyl groups excluding tert-OH is 1. The Bertz CT molecular complexity index is 393. The Kier molecular flexibility index (Phi) is 7.10. The Hall–Kier alpha value is -0.700. The molecule has 1 aromatic rings. The van der Waals surface area contributed by atoms with Crippen molar-refractivity contribution in [3.63, 3.8) is 0 Å². The van der Waals surface area contributed by atoms with Gasteiger partial charge in [0.15, 0.2) is 0 Å². The number of hydrogen-bond donors (Lipinski definition) is 2. The van der Waals surface area contributed by atoms with Crippen molar-refractivity contribution >= 4 is 33.4 Å². The zero-order valence-electron chi connectivity index (χ0n) is 9.45. The fourth-order valence-corrected chi connectivity index (χ4v) is 2.57. The van der Waals surface area contributed by atoms with Crippen molar-refractivity contribution in [3.8, 4) is 6.07 Å². The first-order chi connectivity index (χ1) is 8.26. The summed E-state index contributed by atoms with van der Waals surface area (Å²) in [6, 6.07) is 7.71. The lowest BCUT2D eigenvalue weighted by Gasteiger charge is -2.07. The van der Waals surface area contributed by atoms with Gasteiger partial charge in [-0.1, -0.05) is 15.9 Å². The molecule has 0 fully saturated rings. The Morgan fingerprint density at radius 2 is 2.18 bits per heavy atom. The second kappa shape index (κ2) is 8.40. The van der Waals surface area contributed by atoms with Gasteiger partial charge in [-0.2, -0.15) is 17.0 Å². The minimum Gasteiger partial charge on any atom is -0.396 e. The van der Waals surface area contributed by atoms with Gasteiger partial charge in [-0.05, 0) is 30.4 Å². The summed E-state index contributed by atoms with van der Waals surface area (Å²) in [5.41, 5.74) is 1.61. The molecule has 2 N–H and O–H groups in total. The van der Waals surface area contributed by atoms with Crippen LogP contribution in [-0.2, 0) is 0 Å². The number of anilines is 1. The van der Waals surface area contributed by atoms with E-state index in [1.807, 2.05) is 23.9 Å². The number of halogens is 1. The van der Waals surface area contributed by atoms with Crippen molar-refractivity contribution in [2.45, 2.75) is 6.42 Å². The summed E-state index contributed by atoms with van der Waals surface area (Å²) in [5, 5.41) is 20.7. The van der Waals surface area contributed by atoms with Crippen molar-refractivity contribution in [3.05, 3.63) is 28.2 Å². The fraction of sp³-hybridized carbons (Fsp3) is 0.417. The van der Waals surface area contributed by atoms with E-state index in [9.17, 15) is 0 Å². The first-order valence-corrected chi connectivity index (χ1v) is 7.34. The molecule has 0 aliphatic carbocycles. The third kappa shape index (κ3) is 5.97. The maximum atomic E-state index is 8.83. The smallest absolute Gasteiger partial charge is 0.0992 e. The van der Waals surface area contributed by atoms with Crippen LogP contribution in [0.5, 0.6) is 0 Å². The Morgan fingerprint density at radius 3 is 2.88 bits per heavy atom. The van der Waals surface area contributed by atoms with Crippen LogP contribution in [0.15, 0.2) is 22.7 Å². The minimum atomic E-state index is 0.261. The Balaban J connectivity index is 2.32. The topological polar surface area (TPSA) is 56.0 Å². The molecule has 0 atom stereocenters. The van der Waals surface area contributed by atoms with Crippen LogP contribution in [0.3, 0.4) is 0 Å². The lowest BCUT2D eigenvalue weighted by molar-refractivity contribution is 0.296. The van der Waals surface area contributed by atoms with Crippen LogP contribution in [0.2, 0.25) is 0 Å². The number of rotatable bonds is 7. The molecule has 0 radical (unpaired) electrons. The number of nitrogens with zero attached hydrogens (tertiary/aromatic N) is 1. The Labute approximate surface area is 114 Å². The minimum absolute atomic E-state index is 0.261. The van der Waals surface area contributed by atoms with Gasteiger partial charge in [-0.15, -0.1) is 0 Å². The van der Waals surface area contributed by atoms with Gasteiger partial charge in [0, 0.05) is 29.1 Å². The largest absolute Gasteiger partial charge is 0.396 e. The summed E-state index contributed by atoms with van der Waals surface area (Å²) < 4.78 is 0.909. The van der Waals surface area contributed by atoms with E-state index < -0.39 is 0 Å². The molecule has 1 rings (SSSR count). The molecule has 92 valence electrons. The van der Waals surface area contributed by atoms with Gasteiger partial charge < -0.3 is 10.4 Å². The zero-order chi connectivity index (χ0) is 12.5. The summed E-state index contributed by atoms with van der Waals surface area (Å²) in [7, 11) is 0. The predicted molar refractivity (Wildman–Crippen MR) is 76.4 cm³/mol. The van der Waals surface area contributed by atoms with Crippen LogP contribution in [-0.4, -0.2) is 29.8 Å². The quantitative estimate of drug-likeness (QED) is 0.760. The third-order valence-corrected chi connectivity index (χ3v) is 3.58. The van der Waals surface area contributed by atoms with Gasteiger partial charge in [-0.3, -0.25) is 0 Å². The van der Waals surface area contributed by atoms with Gasteiger partial charge in [0.1, 0.15) is 0 Å². The lowest BCUT2D eigenvalue weighted by Crippen LogP contribution is -2.05. The molecule has 3 nitrogen and oxygen atoms in total. The standard InChI is InChI=1S/C12H15BrN2OS/c13-11-6-10(9-14)7-12(8-11)15-2-5-17-4-1-3-16/h6-8,15-16H,1-5H2. The summed E-state index contributed by atoms with van der Waals surface area (Å²) >= 11 is 5.18. The summed E-state index contributed by atoms with van der Waals surface area (Å²) in [6.45, 7) is 1.12. The van der Waals surface area contributed by atoms with E-state index in [0.29, 0.717) is 5.56 Å². The van der Waals surface area contributed by atoms with Crippen LogP contribution >= 0.6 is 27.7 Å². The number of aliphatic hydroxyl groups is 1. The second-order valence-corrected chi connectivity index (χ2v) is 5.60. The number of nitriles is 1. The second-order valence-electron chi connectivity index (χ2n) is 3.46. The van der Waals surface area contributed by atoms with E-state index in [1.54, 1.807) is 6.07 Å². The van der Waals surface area contributed by atoms with E-state index in [1.165, 1.54) is 0 Å². The highest BCUT2D eigenvalue weighted by molar-refractivity contribution is 9.10. The first-order valence-electron chi connectivity index (χ1n) is 5.39. The lowest BCUT2D eigenvalue weighted by atomic mass is 10.2. The van der Waals surface area contributed by atoms with Crippen molar-refractivity contribution in [1.82, 2.24) is 0 Å². The number of hydrogen-bond acceptors (Lipinski definition) is 4. The SMILES string of the molecule is N#Cc1cc(Br)cc(NCCSCCCO)c1. The molecule has 0 unspecified atom stereocenters. The number of thioether (sulfide) groups is 1. The summed E-state index contributed by atoms with van der Waals surface area (Å²) in [4.78, 5) is 0. The van der Waals surface area contributed by atoms with E-state index in [2.05, 4.69) is 27.3 Å². The van der Waals surface area contributed by atoms with Crippen molar-refractivity contribution in [2.24, 2.45) is 0 Å². The first kappa shape index (κ1) is 14.4. The van der Waals surface area contributed by atoms with Gasteiger partial charge in [0.25, 0.3) is 0 Å². The average molecular weight is 315 g/mol. The third-order valence-electron chi connectivity index (χ3n) is 2.05. The van der Waals surface area contributed by atoms with Gasteiger partial charge in [0.05, 0.1) is 11.6 Å². The van der Waals surface area contributed by atoms with Crippen molar-refractivity contribution in [1.29, 1.82) is 5.26 Å². The molecule has 0 aliphatic heterocycles. The van der Waals surface area contributed by atoms with Crippen LogP contribution in [0.4, 0.5) is 5.69 Å². The van der Waals surface area contributed by atoms with Crippen LogP contribution in [0.25, 0.3) is 0 Å². The fourth-order valence-electron chi connectivity index (χ4n) is 1.29. The normalized spacial score (nSPS) is 9.94. The monoisotopic (exact) mass is 314 g/mol. The number of nitrogens with one attached hydrogen (secondary N) is 1. The predicted octanol–water partition coefficient (Wildman–Crippen LogP) is 2.85. The molecule has 0 aromatic heterocycles. The van der Waals surface area contributed by atoms with Gasteiger partial charge in [-0.25, -0.2) is 0 Å². The molecule has 0 saturated carbocycles. The average Bonchev–Trinajstić information content (AvgIpc) is 2.33. The molecule has 17 heavy (non-hydrogen) atoms. The highest BCUT2D eigenvalue weighted by Gasteiger charge is 1.98. The zero-order valence-corrected chi connectivity index (χ0v) is 11.9. The van der Waals surface area contributed by atoms with E-state index >= 15 is 0 Å². The number of benzene rings is 1. The van der Waals surface area contributed by atoms with E-state index in [4.69, 9.17) is 10.4 Å². The Morgan fingerprint density at radius 1 is 1.35 bits per heavy atom. The van der Waals surface area contributed by atoms with Crippen LogP contribution in [0, 0.1) is 11.3 Å². The van der Waals surface area contributed by atoms with Gasteiger partial charge >= 0.3 is 0 Å². The molecule has 1 aromatic carbocycles. The molecular formula is C12H15BrN2OS. The highest BCUT2D eigenvalue weighted by Crippen LogP contribution is 2.19. The molecular weight excluding hydrogens is 300 g/mol. The van der Waals surface area contributed by atoms with E-state index in [-0.39, 0.29) is 6.61 Å². The van der Waals surface area contributed by atoms with Crippen molar-refractivity contribution in [2.75, 3.05) is 30.0 Å². The van der Waals surface area contributed by atoms with Crippen LogP contribution in [0.1, 0.15) is 12.0 Å². The molecule has 0 amide bonds. The molecule has 0 spiro atoms. The molecule has 0 aliphatic rings.